The summed E-state index contributed by atoms with van der Waals surface area (Å²) >= 11 is 0. The fourth-order valence-electron chi connectivity index (χ4n) is 3.54. The van der Waals surface area contributed by atoms with Gasteiger partial charge in [-0.25, -0.2) is 25.3 Å². The molecular formula is C26H24N2O6S3. The van der Waals surface area contributed by atoms with Gasteiger partial charge in [0.15, 0.2) is 0 Å². The molecule has 2 N–H and O–H groups in total. The minimum Gasteiger partial charge on any atom is -0.279 e. The monoisotopic (exact) mass is 556 g/mol. The maximum atomic E-state index is 13.4. The molecule has 0 aromatic heterocycles. The molecular weight excluding hydrogens is 532 g/mol. The van der Waals surface area contributed by atoms with Crippen LogP contribution in [-0.2, 0) is 29.9 Å². The number of sulfonamides is 2. The van der Waals surface area contributed by atoms with Crippen LogP contribution in [0.1, 0.15) is 11.1 Å². The molecule has 11 heteroatoms. The lowest BCUT2D eigenvalue weighted by Gasteiger charge is -2.13. The van der Waals surface area contributed by atoms with Gasteiger partial charge in [0.25, 0.3) is 20.0 Å². The summed E-state index contributed by atoms with van der Waals surface area (Å²) in [4.78, 5) is -1.08. The highest BCUT2D eigenvalue weighted by Crippen LogP contribution is 2.27. The third kappa shape index (κ3) is 5.68. The Bertz CT molecular complexity index is 1670. The molecule has 0 saturated heterocycles. The fourth-order valence-corrected chi connectivity index (χ4v) is 7.39. The van der Waals surface area contributed by atoms with Crippen molar-refractivity contribution in [2.75, 3.05) is 9.44 Å². The zero-order chi connectivity index (χ0) is 26.8. The number of rotatable bonds is 8. The molecule has 4 aromatic rings. The zero-order valence-electron chi connectivity index (χ0n) is 19.9. The van der Waals surface area contributed by atoms with Gasteiger partial charge in [-0.3, -0.25) is 9.44 Å². The summed E-state index contributed by atoms with van der Waals surface area (Å²) in [5.41, 5.74) is 2.14. The number of hydrogen-bond acceptors (Lipinski definition) is 6. The Balaban J connectivity index is 1.68. The molecule has 8 nitrogen and oxygen atoms in total. The van der Waals surface area contributed by atoms with Crippen molar-refractivity contribution in [1.82, 2.24) is 0 Å². The van der Waals surface area contributed by atoms with Crippen LogP contribution in [0.25, 0.3) is 0 Å². The summed E-state index contributed by atoms with van der Waals surface area (Å²) in [7, 11) is -12.4. The molecule has 0 aliphatic heterocycles. The summed E-state index contributed by atoms with van der Waals surface area (Å²) in [5.74, 6) is 0. The Hall–Kier alpha value is -3.67. The van der Waals surface area contributed by atoms with E-state index in [1.165, 1.54) is 36.4 Å². The topological polar surface area (TPSA) is 126 Å². The summed E-state index contributed by atoms with van der Waals surface area (Å²) in [6.45, 7) is 3.49. The van der Waals surface area contributed by atoms with Gasteiger partial charge in [0.05, 0.1) is 31.0 Å². The number of benzene rings is 4. The molecule has 37 heavy (non-hydrogen) atoms. The molecule has 0 aliphatic rings. The van der Waals surface area contributed by atoms with Crippen LogP contribution in [0, 0.1) is 13.8 Å². The fraction of sp³-hybridized carbons (Fsp3) is 0.0769. The first-order valence-corrected chi connectivity index (χ1v) is 15.5. The number of anilines is 2. The molecule has 0 saturated carbocycles. The molecule has 0 spiro atoms. The van der Waals surface area contributed by atoms with Crippen molar-refractivity contribution in [2.45, 2.75) is 33.4 Å². The van der Waals surface area contributed by atoms with E-state index in [0.29, 0.717) is 22.5 Å². The van der Waals surface area contributed by atoms with Crippen LogP contribution in [0.15, 0.2) is 117 Å². The van der Waals surface area contributed by atoms with Gasteiger partial charge in [0.1, 0.15) is 0 Å². The number of sulfone groups is 1. The molecule has 4 aromatic carbocycles. The van der Waals surface area contributed by atoms with Gasteiger partial charge in [-0.05, 0) is 73.5 Å². The number of hydrogen-bond donors (Lipinski definition) is 2. The van der Waals surface area contributed by atoms with Crippen molar-refractivity contribution in [1.29, 1.82) is 0 Å². The van der Waals surface area contributed by atoms with Crippen LogP contribution in [0.5, 0.6) is 0 Å². The predicted molar refractivity (Wildman–Crippen MR) is 142 cm³/mol. The maximum absolute atomic E-state index is 13.4. The minimum atomic E-state index is -4.25. The molecule has 4 rings (SSSR count). The largest absolute Gasteiger partial charge is 0.279 e. The Morgan fingerprint density at radius 2 is 0.811 bits per heavy atom. The van der Waals surface area contributed by atoms with Crippen molar-refractivity contribution in [2.24, 2.45) is 0 Å². The molecule has 0 radical (unpaired) electrons. The van der Waals surface area contributed by atoms with Gasteiger partial charge in [0.2, 0.25) is 9.84 Å². The molecule has 192 valence electrons. The van der Waals surface area contributed by atoms with Gasteiger partial charge in [-0.2, -0.15) is 0 Å². The van der Waals surface area contributed by atoms with Crippen LogP contribution < -0.4 is 9.44 Å². The number of para-hydroxylation sites is 2. The average Bonchev–Trinajstić information content (AvgIpc) is 2.87. The quantitative estimate of drug-likeness (QED) is 0.323. The molecule has 0 amide bonds. The summed E-state index contributed by atoms with van der Waals surface area (Å²) in [5, 5.41) is 0. The van der Waals surface area contributed by atoms with Crippen molar-refractivity contribution in [3.63, 3.8) is 0 Å². The van der Waals surface area contributed by atoms with Gasteiger partial charge >= 0.3 is 0 Å². The first kappa shape index (κ1) is 26.4. The number of aryl methyl sites for hydroxylation is 2. The van der Waals surface area contributed by atoms with E-state index in [-0.39, 0.29) is 19.6 Å². The highest BCUT2D eigenvalue weighted by atomic mass is 32.2. The van der Waals surface area contributed by atoms with Gasteiger partial charge < -0.3 is 0 Å². The maximum Gasteiger partial charge on any atom is 0.261 e. The Morgan fingerprint density at radius 1 is 0.459 bits per heavy atom. The van der Waals surface area contributed by atoms with Crippen LogP contribution >= 0.6 is 0 Å². The molecule has 0 atom stereocenters. The van der Waals surface area contributed by atoms with Crippen molar-refractivity contribution in [3.05, 3.63) is 108 Å². The van der Waals surface area contributed by atoms with E-state index in [9.17, 15) is 25.3 Å². The first-order valence-electron chi connectivity index (χ1n) is 11.0. The van der Waals surface area contributed by atoms with E-state index in [2.05, 4.69) is 9.44 Å². The van der Waals surface area contributed by atoms with Crippen molar-refractivity contribution in [3.8, 4) is 0 Å². The lowest BCUT2D eigenvalue weighted by atomic mass is 10.2. The normalized spacial score (nSPS) is 12.2. The third-order valence-electron chi connectivity index (χ3n) is 5.63. The Labute approximate surface area is 217 Å². The van der Waals surface area contributed by atoms with Crippen LogP contribution in [0.2, 0.25) is 0 Å². The molecule has 0 heterocycles. The van der Waals surface area contributed by atoms with E-state index in [0.717, 1.165) is 12.1 Å². The van der Waals surface area contributed by atoms with E-state index < -0.39 is 29.9 Å². The molecule has 0 aliphatic carbocycles. The van der Waals surface area contributed by atoms with E-state index >= 15 is 0 Å². The van der Waals surface area contributed by atoms with E-state index in [4.69, 9.17) is 0 Å². The molecule has 0 bridgehead atoms. The van der Waals surface area contributed by atoms with Gasteiger partial charge in [-0.15, -0.1) is 0 Å². The van der Waals surface area contributed by atoms with E-state index in [1.54, 1.807) is 62.4 Å². The summed E-state index contributed by atoms with van der Waals surface area (Å²) < 4.78 is 83.6. The second-order valence-corrected chi connectivity index (χ2v) is 13.6. The second-order valence-electron chi connectivity index (χ2n) is 8.29. The SMILES string of the molecule is Cc1ccccc1NS(=O)(=O)c1cccc(S(=O)(=O)c2cccc(S(=O)(=O)Nc3ccccc3C)c2)c1. The van der Waals surface area contributed by atoms with E-state index in [1.807, 2.05) is 0 Å². The standard InChI is InChI=1S/C26H24N2O6S3/c1-19-9-3-5-15-25(19)27-36(31,32)23-13-7-11-21(17-23)35(29,30)22-12-8-14-24(18-22)37(33,34)28-26-16-6-4-10-20(26)2/h3-18,27-28H,1-2H3. The zero-order valence-corrected chi connectivity index (χ0v) is 22.4. The van der Waals surface area contributed by atoms with Crippen LogP contribution in [0.3, 0.4) is 0 Å². The smallest absolute Gasteiger partial charge is 0.261 e. The lowest BCUT2D eigenvalue weighted by molar-refractivity contribution is 0.595. The minimum absolute atomic E-state index is 0.248. The predicted octanol–water partition coefficient (Wildman–Crippen LogP) is 4.74. The van der Waals surface area contributed by atoms with Crippen molar-refractivity contribution >= 4 is 41.3 Å². The highest BCUT2D eigenvalue weighted by molar-refractivity contribution is 7.93. The van der Waals surface area contributed by atoms with Gasteiger partial charge in [0, 0.05) is 0 Å². The van der Waals surface area contributed by atoms with Crippen LogP contribution in [-0.4, -0.2) is 25.3 Å². The highest BCUT2D eigenvalue weighted by Gasteiger charge is 2.24. The average molecular weight is 557 g/mol. The molecule has 0 fully saturated rings. The third-order valence-corrected chi connectivity index (χ3v) is 10.1. The second kappa shape index (κ2) is 10.0. The Kier molecular flexibility index (Phi) is 7.13. The summed E-state index contributed by atoms with van der Waals surface area (Å²) in [6, 6.07) is 23.4. The summed E-state index contributed by atoms with van der Waals surface area (Å²) in [6.07, 6.45) is 0. The Morgan fingerprint density at radius 3 is 1.19 bits per heavy atom. The first-order chi connectivity index (χ1) is 17.4. The lowest BCUT2D eigenvalue weighted by Crippen LogP contribution is -2.15. The van der Waals surface area contributed by atoms with Crippen LogP contribution in [0.4, 0.5) is 11.4 Å². The molecule has 0 unspecified atom stereocenters. The van der Waals surface area contributed by atoms with Crippen molar-refractivity contribution < 1.29 is 25.3 Å². The van der Waals surface area contributed by atoms with Gasteiger partial charge in [-0.1, -0.05) is 48.5 Å². The number of nitrogens with one attached hydrogen (secondary N) is 2.